The Morgan fingerprint density at radius 3 is 2.43 bits per heavy atom. The number of hydrogen-bond donors (Lipinski definition) is 0. The van der Waals surface area contributed by atoms with Crippen molar-refractivity contribution < 1.29 is 18.9 Å². The average molecular weight is 203 g/mol. The predicted molar refractivity (Wildman–Crippen MR) is 48.9 cm³/mol. The number of ether oxygens (including phenoxy) is 4. The summed E-state index contributed by atoms with van der Waals surface area (Å²) in [7, 11) is 3.33. The van der Waals surface area contributed by atoms with Gasteiger partial charge in [-0.15, -0.1) is 0 Å². The molecule has 0 aliphatic carbocycles. The molecule has 0 amide bonds. The Morgan fingerprint density at radius 1 is 1.21 bits per heavy atom. The Kier molecular flexibility index (Phi) is 3.04. The molecule has 0 saturated carbocycles. The standard InChI is InChI=1S/C9H17NO4/c1-11-9(12-2)6-10(7-9)8-5-13-3-4-14-8/h8H,3-7H2,1-2H3. The molecule has 5 heteroatoms. The van der Waals surface area contributed by atoms with Crippen LogP contribution in [0, 0.1) is 0 Å². The molecule has 1 unspecified atom stereocenters. The summed E-state index contributed by atoms with van der Waals surface area (Å²) >= 11 is 0. The van der Waals surface area contributed by atoms with Gasteiger partial charge in [-0.25, -0.2) is 0 Å². The van der Waals surface area contributed by atoms with Crippen molar-refractivity contribution in [1.82, 2.24) is 4.90 Å². The van der Waals surface area contributed by atoms with E-state index in [1.807, 2.05) is 0 Å². The van der Waals surface area contributed by atoms with Crippen molar-refractivity contribution in [2.45, 2.75) is 12.0 Å². The van der Waals surface area contributed by atoms with Crippen LogP contribution in [-0.4, -0.2) is 64.0 Å². The van der Waals surface area contributed by atoms with E-state index in [4.69, 9.17) is 18.9 Å². The molecule has 2 rings (SSSR count). The molecule has 0 aromatic rings. The molecular formula is C9H17NO4. The largest absolute Gasteiger partial charge is 0.375 e. The molecule has 0 aromatic carbocycles. The van der Waals surface area contributed by atoms with Gasteiger partial charge in [0.05, 0.1) is 32.9 Å². The molecule has 0 radical (unpaired) electrons. The molecule has 1 atom stereocenters. The highest BCUT2D eigenvalue weighted by Gasteiger charge is 2.47. The van der Waals surface area contributed by atoms with Crippen molar-refractivity contribution in [3.63, 3.8) is 0 Å². The van der Waals surface area contributed by atoms with Crippen molar-refractivity contribution in [1.29, 1.82) is 0 Å². The summed E-state index contributed by atoms with van der Waals surface area (Å²) in [5.74, 6) is -0.430. The van der Waals surface area contributed by atoms with E-state index in [9.17, 15) is 0 Å². The second-order valence-corrected chi connectivity index (χ2v) is 3.62. The molecule has 0 aromatic heterocycles. The zero-order valence-corrected chi connectivity index (χ0v) is 8.69. The molecule has 0 N–H and O–H groups in total. The molecule has 5 nitrogen and oxygen atoms in total. The van der Waals surface area contributed by atoms with E-state index in [1.165, 1.54) is 0 Å². The number of nitrogens with zero attached hydrogens (tertiary/aromatic N) is 1. The second-order valence-electron chi connectivity index (χ2n) is 3.62. The highest BCUT2D eigenvalue weighted by atomic mass is 16.7. The van der Waals surface area contributed by atoms with E-state index in [-0.39, 0.29) is 6.23 Å². The highest BCUT2D eigenvalue weighted by Crippen LogP contribution is 2.28. The van der Waals surface area contributed by atoms with Crippen molar-refractivity contribution in [3.05, 3.63) is 0 Å². The van der Waals surface area contributed by atoms with Crippen LogP contribution in [0.2, 0.25) is 0 Å². The first-order valence-electron chi connectivity index (χ1n) is 4.83. The second kappa shape index (κ2) is 4.12. The fourth-order valence-corrected chi connectivity index (χ4v) is 1.80. The maximum atomic E-state index is 5.55. The van der Waals surface area contributed by atoms with Gasteiger partial charge in [0.15, 0.2) is 5.79 Å². The van der Waals surface area contributed by atoms with Crippen LogP contribution >= 0.6 is 0 Å². The summed E-state index contributed by atoms with van der Waals surface area (Å²) in [6, 6.07) is 0. The monoisotopic (exact) mass is 203 g/mol. The van der Waals surface area contributed by atoms with Crippen LogP contribution in [0.5, 0.6) is 0 Å². The van der Waals surface area contributed by atoms with E-state index in [1.54, 1.807) is 14.2 Å². The lowest BCUT2D eigenvalue weighted by Crippen LogP contribution is -2.68. The van der Waals surface area contributed by atoms with Gasteiger partial charge in [0, 0.05) is 14.2 Å². The van der Waals surface area contributed by atoms with Gasteiger partial charge in [0.25, 0.3) is 0 Å². The quantitative estimate of drug-likeness (QED) is 0.587. The van der Waals surface area contributed by atoms with E-state index in [2.05, 4.69) is 4.90 Å². The van der Waals surface area contributed by atoms with E-state index >= 15 is 0 Å². The zero-order chi connectivity index (χ0) is 10.0. The van der Waals surface area contributed by atoms with Crippen LogP contribution in [-0.2, 0) is 18.9 Å². The molecule has 0 bridgehead atoms. The summed E-state index contributed by atoms with van der Waals surface area (Å²) < 4.78 is 21.4. The smallest absolute Gasteiger partial charge is 0.193 e. The number of likely N-dealkylation sites (tertiary alicyclic amines) is 1. The normalized spacial score (nSPS) is 32.6. The topological polar surface area (TPSA) is 40.2 Å². The van der Waals surface area contributed by atoms with Gasteiger partial charge >= 0.3 is 0 Å². The van der Waals surface area contributed by atoms with Crippen LogP contribution in [0.15, 0.2) is 0 Å². The van der Waals surface area contributed by atoms with E-state index in [0.717, 1.165) is 13.1 Å². The fourth-order valence-electron chi connectivity index (χ4n) is 1.80. The molecule has 2 aliphatic heterocycles. The van der Waals surface area contributed by atoms with Crippen LogP contribution in [0.4, 0.5) is 0 Å². The number of methoxy groups -OCH3 is 2. The van der Waals surface area contributed by atoms with Crippen molar-refractivity contribution in [2.24, 2.45) is 0 Å². The van der Waals surface area contributed by atoms with Crippen molar-refractivity contribution in [2.75, 3.05) is 47.1 Å². The Morgan fingerprint density at radius 2 is 1.93 bits per heavy atom. The summed E-state index contributed by atoms with van der Waals surface area (Å²) in [5, 5.41) is 0. The molecule has 2 fully saturated rings. The number of rotatable bonds is 3. The first-order chi connectivity index (χ1) is 6.79. The Balaban J connectivity index is 1.80. The molecule has 2 saturated heterocycles. The van der Waals surface area contributed by atoms with Crippen molar-refractivity contribution in [3.8, 4) is 0 Å². The van der Waals surface area contributed by atoms with Gasteiger partial charge in [0.1, 0.15) is 6.23 Å². The van der Waals surface area contributed by atoms with Crippen LogP contribution < -0.4 is 0 Å². The molecular weight excluding hydrogens is 186 g/mol. The minimum atomic E-state index is -0.430. The van der Waals surface area contributed by atoms with Gasteiger partial charge in [-0.3, -0.25) is 4.90 Å². The number of hydrogen-bond acceptors (Lipinski definition) is 5. The fraction of sp³-hybridized carbons (Fsp3) is 1.00. The minimum Gasteiger partial charge on any atom is -0.375 e. The lowest BCUT2D eigenvalue weighted by atomic mass is 10.1. The summed E-state index contributed by atoms with van der Waals surface area (Å²) in [6.07, 6.45) is 0.0715. The van der Waals surface area contributed by atoms with Crippen LogP contribution in [0.3, 0.4) is 0 Å². The summed E-state index contributed by atoms with van der Waals surface area (Å²) in [6.45, 7) is 3.50. The summed E-state index contributed by atoms with van der Waals surface area (Å²) in [4.78, 5) is 2.16. The van der Waals surface area contributed by atoms with Gasteiger partial charge in [0.2, 0.25) is 0 Å². The van der Waals surface area contributed by atoms with Gasteiger partial charge in [-0.2, -0.15) is 0 Å². The van der Waals surface area contributed by atoms with Crippen molar-refractivity contribution >= 4 is 0 Å². The maximum absolute atomic E-state index is 5.55. The van der Waals surface area contributed by atoms with Gasteiger partial charge in [-0.1, -0.05) is 0 Å². The first kappa shape index (κ1) is 10.3. The maximum Gasteiger partial charge on any atom is 0.193 e. The molecule has 82 valence electrons. The molecule has 14 heavy (non-hydrogen) atoms. The first-order valence-corrected chi connectivity index (χ1v) is 4.83. The lowest BCUT2D eigenvalue weighted by Gasteiger charge is -2.50. The lowest BCUT2D eigenvalue weighted by molar-refractivity contribution is -0.310. The Hall–Kier alpha value is -0.200. The Labute approximate surface area is 83.9 Å². The SMILES string of the molecule is COC1(OC)CN(C2COCCO2)C1. The highest BCUT2D eigenvalue weighted by molar-refractivity contribution is 4.91. The van der Waals surface area contributed by atoms with Crippen LogP contribution in [0.1, 0.15) is 0 Å². The molecule has 2 aliphatic rings. The molecule has 0 spiro atoms. The van der Waals surface area contributed by atoms with Gasteiger partial charge < -0.3 is 18.9 Å². The van der Waals surface area contributed by atoms with Gasteiger partial charge in [-0.05, 0) is 0 Å². The average Bonchev–Trinajstić information content (AvgIpc) is 2.19. The summed E-state index contributed by atoms with van der Waals surface area (Å²) in [5.41, 5.74) is 0. The predicted octanol–water partition coefficient (Wildman–Crippen LogP) is -0.336. The third-order valence-corrected chi connectivity index (χ3v) is 2.84. The van der Waals surface area contributed by atoms with Crippen LogP contribution in [0.25, 0.3) is 0 Å². The third kappa shape index (κ3) is 1.78. The third-order valence-electron chi connectivity index (χ3n) is 2.84. The molecule has 2 heterocycles. The van der Waals surface area contributed by atoms with E-state index < -0.39 is 5.79 Å². The van der Waals surface area contributed by atoms with E-state index in [0.29, 0.717) is 19.8 Å². The minimum absolute atomic E-state index is 0.0715. The zero-order valence-electron chi connectivity index (χ0n) is 8.69. The Bertz CT molecular complexity index is 181.